The molecule has 1 aliphatic heterocycles. The number of amides is 3. The second-order valence-corrected chi connectivity index (χ2v) is 5.82. The summed E-state index contributed by atoms with van der Waals surface area (Å²) in [6.07, 6.45) is 0.573. The fourth-order valence-electron chi connectivity index (χ4n) is 2.35. The molecular formula is C15H16ClN5O4. The Balaban J connectivity index is 1.71. The number of carbonyl (C=O) groups is 2. The maximum absolute atomic E-state index is 12.2. The van der Waals surface area contributed by atoms with E-state index in [-0.39, 0.29) is 17.5 Å². The van der Waals surface area contributed by atoms with E-state index in [1.165, 1.54) is 6.07 Å². The van der Waals surface area contributed by atoms with Crippen molar-refractivity contribution >= 4 is 34.9 Å². The summed E-state index contributed by atoms with van der Waals surface area (Å²) in [6.45, 7) is 3.49. The Bertz CT molecular complexity index is 822. The fraction of sp³-hybridized carbons (Fsp3) is 0.333. The monoisotopic (exact) mass is 365 g/mol. The van der Waals surface area contributed by atoms with Crippen molar-refractivity contribution in [1.29, 1.82) is 0 Å². The van der Waals surface area contributed by atoms with Gasteiger partial charge in [0.2, 0.25) is 5.89 Å². The van der Waals surface area contributed by atoms with Gasteiger partial charge >= 0.3 is 6.03 Å². The van der Waals surface area contributed by atoms with E-state index < -0.39 is 12.1 Å². The number of urea groups is 1. The van der Waals surface area contributed by atoms with Crippen molar-refractivity contribution in [2.45, 2.75) is 26.3 Å². The van der Waals surface area contributed by atoms with Crippen LogP contribution in [0.5, 0.6) is 5.75 Å². The molecule has 0 saturated heterocycles. The van der Waals surface area contributed by atoms with Gasteiger partial charge in [-0.3, -0.25) is 4.79 Å². The molecule has 3 rings (SSSR count). The van der Waals surface area contributed by atoms with Crippen LogP contribution in [-0.4, -0.2) is 28.7 Å². The number of aryl methyl sites for hydroxylation is 1. The van der Waals surface area contributed by atoms with E-state index >= 15 is 0 Å². The van der Waals surface area contributed by atoms with Crippen molar-refractivity contribution in [3.05, 3.63) is 28.9 Å². The second kappa shape index (κ2) is 6.98. The quantitative estimate of drug-likeness (QED) is 0.766. The van der Waals surface area contributed by atoms with Crippen LogP contribution >= 0.6 is 11.6 Å². The predicted molar refractivity (Wildman–Crippen MR) is 89.8 cm³/mol. The number of hydrogen-bond donors (Lipinski definition) is 3. The Kier molecular flexibility index (Phi) is 4.75. The van der Waals surface area contributed by atoms with Gasteiger partial charge in [0.15, 0.2) is 18.2 Å². The lowest BCUT2D eigenvalue weighted by atomic mass is 10.2. The molecule has 1 atom stereocenters. The first-order chi connectivity index (χ1) is 12.0. The topological polar surface area (TPSA) is 118 Å². The van der Waals surface area contributed by atoms with Gasteiger partial charge in [-0.05, 0) is 25.5 Å². The molecule has 3 N–H and O–H groups in total. The molecule has 2 heterocycles. The molecule has 1 aromatic carbocycles. The number of benzene rings is 1. The van der Waals surface area contributed by atoms with Crippen molar-refractivity contribution in [1.82, 2.24) is 15.5 Å². The van der Waals surface area contributed by atoms with Gasteiger partial charge in [-0.1, -0.05) is 23.7 Å². The molecule has 0 spiro atoms. The molecular weight excluding hydrogens is 350 g/mol. The number of fused-ring (bicyclic) bond motifs is 1. The Morgan fingerprint density at radius 3 is 2.96 bits per heavy atom. The van der Waals surface area contributed by atoms with Crippen molar-refractivity contribution < 1.29 is 18.8 Å². The standard InChI is InChI=1S/C15H16ClN5O4/c1-3-10(14-17-7(2)21-25-14)20-15(23)18-8-4-9(16)13-11(5-8)19-12(22)6-24-13/h4-5,10H,3,6H2,1-2H3,(H,19,22)(H2,18,20,23)/t10-/m0/s1. The number of halogens is 1. The third-order valence-corrected chi connectivity index (χ3v) is 3.76. The van der Waals surface area contributed by atoms with Gasteiger partial charge in [-0.25, -0.2) is 4.79 Å². The molecule has 3 amide bonds. The van der Waals surface area contributed by atoms with E-state index in [1.54, 1.807) is 13.0 Å². The molecule has 0 unspecified atom stereocenters. The van der Waals surface area contributed by atoms with Crippen molar-refractivity contribution in [2.24, 2.45) is 0 Å². The third kappa shape index (κ3) is 3.82. The highest BCUT2D eigenvalue weighted by Gasteiger charge is 2.22. The van der Waals surface area contributed by atoms with Crippen molar-refractivity contribution in [3.8, 4) is 5.75 Å². The first-order valence-corrected chi connectivity index (χ1v) is 7.98. The van der Waals surface area contributed by atoms with Crippen LogP contribution in [0.2, 0.25) is 5.02 Å². The largest absolute Gasteiger partial charge is 0.480 e. The Morgan fingerprint density at radius 1 is 1.48 bits per heavy atom. The number of rotatable bonds is 4. The third-order valence-electron chi connectivity index (χ3n) is 3.48. The van der Waals surface area contributed by atoms with Gasteiger partial charge in [0, 0.05) is 5.69 Å². The maximum Gasteiger partial charge on any atom is 0.319 e. The molecule has 10 heteroatoms. The Morgan fingerprint density at radius 2 is 2.28 bits per heavy atom. The highest BCUT2D eigenvalue weighted by atomic mass is 35.5. The van der Waals surface area contributed by atoms with Gasteiger partial charge in [0.1, 0.15) is 6.04 Å². The van der Waals surface area contributed by atoms with E-state index in [4.69, 9.17) is 20.9 Å². The molecule has 132 valence electrons. The first-order valence-electron chi connectivity index (χ1n) is 7.60. The molecule has 0 aliphatic carbocycles. The molecule has 9 nitrogen and oxygen atoms in total. The average molecular weight is 366 g/mol. The normalized spacial score (nSPS) is 14.1. The smallest absolute Gasteiger partial charge is 0.319 e. The van der Waals surface area contributed by atoms with Gasteiger partial charge in [0.05, 0.1) is 10.7 Å². The van der Waals surface area contributed by atoms with Crippen LogP contribution in [0.4, 0.5) is 16.2 Å². The number of ether oxygens (including phenoxy) is 1. The minimum atomic E-state index is -0.471. The van der Waals surface area contributed by atoms with E-state index in [1.807, 2.05) is 6.92 Å². The molecule has 2 aromatic rings. The Labute approximate surface area is 148 Å². The highest BCUT2D eigenvalue weighted by Crippen LogP contribution is 2.38. The van der Waals surface area contributed by atoms with Crippen LogP contribution in [0.15, 0.2) is 16.7 Å². The summed E-state index contributed by atoms with van der Waals surface area (Å²) in [4.78, 5) is 27.8. The zero-order chi connectivity index (χ0) is 18.0. The summed E-state index contributed by atoms with van der Waals surface area (Å²) in [5, 5.41) is 12.0. The maximum atomic E-state index is 12.2. The summed E-state index contributed by atoms with van der Waals surface area (Å²) >= 11 is 6.13. The van der Waals surface area contributed by atoms with Crippen molar-refractivity contribution in [2.75, 3.05) is 17.2 Å². The van der Waals surface area contributed by atoms with Crippen molar-refractivity contribution in [3.63, 3.8) is 0 Å². The summed E-state index contributed by atoms with van der Waals surface area (Å²) in [6, 6.07) is 2.21. The molecule has 1 aromatic heterocycles. The summed E-state index contributed by atoms with van der Waals surface area (Å²) < 4.78 is 10.4. The zero-order valence-electron chi connectivity index (χ0n) is 13.6. The second-order valence-electron chi connectivity index (χ2n) is 5.41. The molecule has 0 radical (unpaired) electrons. The summed E-state index contributed by atoms with van der Waals surface area (Å²) in [7, 11) is 0. The van der Waals surface area contributed by atoms with Gasteiger partial charge < -0.3 is 25.2 Å². The minimum Gasteiger partial charge on any atom is -0.480 e. The van der Waals surface area contributed by atoms with Crippen LogP contribution < -0.4 is 20.7 Å². The minimum absolute atomic E-state index is 0.0955. The van der Waals surface area contributed by atoms with E-state index in [0.717, 1.165) is 0 Å². The number of anilines is 2. The lowest BCUT2D eigenvalue weighted by molar-refractivity contribution is -0.118. The number of aromatic nitrogens is 2. The number of nitrogens with zero attached hydrogens (tertiary/aromatic N) is 2. The van der Waals surface area contributed by atoms with Crippen LogP contribution in [0.3, 0.4) is 0 Å². The van der Waals surface area contributed by atoms with Crippen LogP contribution in [0, 0.1) is 6.92 Å². The molecule has 1 aliphatic rings. The molecule has 0 bridgehead atoms. The zero-order valence-corrected chi connectivity index (χ0v) is 14.3. The first kappa shape index (κ1) is 17.0. The lowest BCUT2D eigenvalue weighted by Crippen LogP contribution is -2.32. The van der Waals surface area contributed by atoms with Crippen LogP contribution in [0.1, 0.15) is 31.1 Å². The van der Waals surface area contributed by atoms with Crippen LogP contribution in [0.25, 0.3) is 0 Å². The fourth-order valence-corrected chi connectivity index (χ4v) is 2.62. The predicted octanol–water partition coefficient (Wildman–Crippen LogP) is 2.64. The van der Waals surface area contributed by atoms with Gasteiger partial charge in [-0.2, -0.15) is 4.98 Å². The van der Waals surface area contributed by atoms with Gasteiger partial charge in [-0.15, -0.1) is 0 Å². The molecule has 0 saturated carbocycles. The number of hydrogen-bond acceptors (Lipinski definition) is 6. The lowest BCUT2D eigenvalue weighted by Gasteiger charge is -2.20. The SMILES string of the molecule is CC[C@H](NC(=O)Nc1cc(Cl)c2c(c1)NC(=O)CO2)c1nc(C)no1. The number of carbonyl (C=O) groups excluding carboxylic acids is 2. The van der Waals surface area contributed by atoms with Gasteiger partial charge in [0.25, 0.3) is 5.91 Å². The van der Waals surface area contributed by atoms with E-state index in [0.29, 0.717) is 35.3 Å². The summed E-state index contributed by atoms with van der Waals surface area (Å²) in [5.74, 6) is 0.912. The summed E-state index contributed by atoms with van der Waals surface area (Å²) in [5.41, 5.74) is 0.808. The highest BCUT2D eigenvalue weighted by molar-refractivity contribution is 6.33. The molecule has 25 heavy (non-hydrogen) atoms. The molecule has 0 fully saturated rings. The van der Waals surface area contributed by atoms with Crippen LogP contribution in [-0.2, 0) is 4.79 Å². The average Bonchev–Trinajstić information content (AvgIpc) is 2.98. The van der Waals surface area contributed by atoms with E-state index in [9.17, 15) is 9.59 Å². The Hall–Kier alpha value is -2.81. The van der Waals surface area contributed by atoms with E-state index in [2.05, 4.69) is 26.1 Å². The number of nitrogens with one attached hydrogen (secondary N) is 3.